The number of thioether (sulfide) groups is 1. The van der Waals surface area contributed by atoms with Crippen molar-refractivity contribution in [3.05, 3.63) is 34.6 Å². The molecule has 0 saturated carbocycles. The Morgan fingerprint density at radius 1 is 1.50 bits per heavy atom. The molecule has 0 aliphatic rings. The number of amides is 1. The molecular formula is C14H17N5O4S. The number of nitrogens with zero attached hydrogens (tertiary/aromatic N) is 4. The molecular weight excluding hydrogens is 334 g/mol. The second kappa shape index (κ2) is 7.77. The van der Waals surface area contributed by atoms with Gasteiger partial charge in [-0.25, -0.2) is 0 Å². The summed E-state index contributed by atoms with van der Waals surface area (Å²) in [4.78, 5) is 22.6. The average molecular weight is 351 g/mol. The third-order valence-corrected chi connectivity index (χ3v) is 4.06. The monoisotopic (exact) mass is 351 g/mol. The van der Waals surface area contributed by atoms with Crippen LogP contribution in [0.2, 0.25) is 0 Å². The highest BCUT2D eigenvalue weighted by atomic mass is 32.2. The van der Waals surface area contributed by atoms with Crippen LogP contribution in [0.15, 0.2) is 29.7 Å². The topological polar surface area (TPSA) is 112 Å². The third kappa shape index (κ3) is 4.22. The van der Waals surface area contributed by atoms with Crippen LogP contribution in [-0.2, 0) is 4.79 Å². The number of carbonyl (C=O) groups excluding carboxylic acids is 1. The Kier molecular flexibility index (Phi) is 5.74. The van der Waals surface area contributed by atoms with Crippen LogP contribution in [0.25, 0.3) is 0 Å². The number of hydrogen-bond acceptors (Lipinski definition) is 7. The van der Waals surface area contributed by atoms with E-state index in [-0.39, 0.29) is 29.1 Å². The van der Waals surface area contributed by atoms with Gasteiger partial charge in [-0.2, -0.15) is 0 Å². The van der Waals surface area contributed by atoms with E-state index >= 15 is 0 Å². The normalized spacial score (nSPS) is 10.7. The van der Waals surface area contributed by atoms with E-state index in [0.717, 1.165) is 0 Å². The molecule has 0 bridgehead atoms. The molecule has 1 amide bonds. The number of hydrogen-bond donors (Lipinski definition) is 1. The van der Waals surface area contributed by atoms with Crippen LogP contribution >= 0.6 is 11.8 Å². The molecule has 10 heteroatoms. The van der Waals surface area contributed by atoms with Gasteiger partial charge < -0.3 is 14.6 Å². The minimum atomic E-state index is -0.569. The summed E-state index contributed by atoms with van der Waals surface area (Å²) in [7, 11) is 1.42. The van der Waals surface area contributed by atoms with Gasteiger partial charge in [-0.15, -0.1) is 10.2 Å². The van der Waals surface area contributed by atoms with Gasteiger partial charge in [-0.1, -0.05) is 11.8 Å². The lowest BCUT2D eigenvalue weighted by Gasteiger charge is -2.10. The maximum absolute atomic E-state index is 12.1. The maximum Gasteiger partial charge on any atom is 0.296 e. The fourth-order valence-electron chi connectivity index (χ4n) is 1.90. The molecule has 0 saturated heterocycles. The lowest BCUT2D eigenvalue weighted by molar-refractivity contribution is -0.384. The first-order valence-corrected chi connectivity index (χ1v) is 8.05. The molecule has 24 heavy (non-hydrogen) atoms. The Labute approximate surface area is 142 Å². The standard InChI is InChI=1S/C14H17N5O4S/c1-9(2)18-8-15-17-14(18)24-7-13(20)16-11-5-4-10(23-3)6-12(11)19(21)22/h4-6,8-9H,7H2,1-3H3,(H,16,20). The van der Waals surface area contributed by atoms with Crippen molar-refractivity contribution in [3.63, 3.8) is 0 Å². The van der Waals surface area contributed by atoms with E-state index in [1.165, 1.54) is 31.0 Å². The number of ether oxygens (including phenoxy) is 1. The number of nitrogens with one attached hydrogen (secondary N) is 1. The van der Waals surface area contributed by atoms with Gasteiger partial charge >= 0.3 is 0 Å². The van der Waals surface area contributed by atoms with Crippen LogP contribution in [-0.4, -0.2) is 38.5 Å². The van der Waals surface area contributed by atoms with Gasteiger partial charge in [0.1, 0.15) is 17.8 Å². The summed E-state index contributed by atoms with van der Waals surface area (Å²) in [5.74, 6) is 0.0416. The smallest absolute Gasteiger partial charge is 0.296 e. The van der Waals surface area contributed by atoms with Crippen molar-refractivity contribution >= 4 is 29.0 Å². The number of aromatic nitrogens is 3. The number of carbonyl (C=O) groups is 1. The number of benzene rings is 1. The number of nitro groups is 1. The van der Waals surface area contributed by atoms with Crippen molar-refractivity contribution in [1.29, 1.82) is 0 Å². The molecule has 1 N–H and O–H groups in total. The van der Waals surface area contributed by atoms with Crippen LogP contribution in [0.3, 0.4) is 0 Å². The van der Waals surface area contributed by atoms with Gasteiger partial charge in [0.15, 0.2) is 5.16 Å². The summed E-state index contributed by atoms with van der Waals surface area (Å²) in [6.07, 6.45) is 1.60. The van der Waals surface area contributed by atoms with E-state index in [9.17, 15) is 14.9 Å². The lowest BCUT2D eigenvalue weighted by Crippen LogP contribution is -2.16. The predicted molar refractivity (Wildman–Crippen MR) is 89.4 cm³/mol. The third-order valence-electron chi connectivity index (χ3n) is 3.10. The van der Waals surface area contributed by atoms with E-state index in [0.29, 0.717) is 10.9 Å². The predicted octanol–water partition coefficient (Wildman–Crippen LogP) is 2.51. The fraction of sp³-hybridized carbons (Fsp3) is 0.357. The van der Waals surface area contributed by atoms with E-state index in [1.54, 1.807) is 12.4 Å². The summed E-state index contributed by atoms with van der Waals surface area (Å²) < 4.78 is 6.80. The van der Waals surface area contributed by atoms with Crippen LogP contribution in [0.4, 0.5) is 11.4 Å². The van der Waals surface area contributed by atoms with Gasteiger partial charge in [-0.05, 0) is 26.0 Å². The number of nitro benzene ring substituents is 1. The van der Waals surface area contributed by atoms with Crippen LogP contribution < -0.4 is 10.1 Å². The molecule has 9 nitrogen and oxygen atoms in total. The molecule has 1 heterocycles. The van der Waals surface area contributed by atoms with Gasteiger partial charge in [0.05, 0.1) is 23.9 Å². The van der Waals surface area contributed by atoms with Crippen molar-refractivity contribution in [2.45, 2.75) is 25.0 Å². The van der Waals surface area contributed by atoms with Crippen molar-refractivity contribution in [1.82, 2.24) is 14.8 Å². The van der Waals surface area contributed by atoms with Crippen LogP contribution in [0.5, 0.6) is 5.75 Å². The summed E-state index contributed by atoms with van der Waals surface area (Å²) in [6, 6.07) is 4.42. The number of rotatable bonds is 7. The van der Waals surface area contributed by atoms with Crippen LogP contribution in [0.1, 0.15) is 19.9 Å². The molecule has 0 unspecified atom stereocenters. The SMILES string of the molecule is COc1ccc(NC(=O)CSc2nncn2C(C)C)c([N+](=O)[O-])c1. The Morgan fingerprint density at radius 3 is 2.88 bits per heavy atom. The Balaban J connectivity index is 2.04. The Bertz CT molecular complexity index is 747. The zero-order chi connectivity index (χ0) is 17.7. The molecule has 1 aromatic heterocycles. The zero-order valence-electron chi connectivity index (χ0n) is 13.4. The van der Waals surface area contributed by atoms with Crippen molar-refractivity contribution < 1.29 is 14.5 Å². The minimum Gasteiger partial charge on any atom is -0.496 e. The van der Waals surface area contributed by atoms with Crippen molar-refractivity contribution in [3.8, 4) is 5.75 Å². The van der Waals surface area contributed by atoms with Crippen molar-refractivity contribution in [2.24, 2.45) is 0 Å². The second-order valence-corrected chi connectivity index (χ2v) is 6.03. The Hall–Kier alpha value is -2.62. The first kappa shape index (κ1) is 17.7. The molecule has 2 rings (SSSR count). The second-order valence-electron chi connectivity index (χ2n) is 5.09. The highest BCUT2D eigenvalue weighted by Crippen LogP contribution is 2.29. The maximum atomic E-state index is 12.1. The fourth-order valence-corrected chi connectivity index (χ4v) is 2.75. The number of anilines is 1. The molecule has 0 atom stereocenters. The molecule has 2 aromatic rings. The van der Waals surface area contributed by atoms with E-state index in [1.807, 2.05) is 18.4 Å². The Morgan fingerprint density at radius 2 is 2.25 bits per heavy atom. The molecule has 1 aromatic carbocycles. The zero-order valence-corrected chi connectivity index (χ0v) is 14.2. The van der Waals surface area contributed by atoms with Crippen LogP contribution in [0, 0.1) is 10.1 Å². The molecule has 0 spiro atoms. The molecule has 0 aliphatic carbocycles. The highest BCUT2D eigenvalue weighted by molar-refractivity contribution is 7.99. The lowest BCUT2D eigenvalue weighted by atomic mass is 10.2. The quantitative estimate of drug-likeness (QED) is 0.463. The summed E-state index contributed by atoms with van der Waals surface area (Å²) in [5.41, 5.74) is -0.102. The minimum absolute atomic E-state index is 0.0641. The van der Waals surface area contributed by atoms with Gasteiger partial charge in [0.2, 0.25) is 5.91 Å². The summed E-state index contributed by atoms with van der Waals surface area (Å²) in [6.45, 7) is 3.96. The molecule has 128 valence electrons. The highest BCUT2D eigenvalue weighted by Gasteiger charge is 2.18. The molecule has 0 aliphatic heterocycles. The van der Waals surface area contributed by atoms with Gasteiger partial charge in [0, 0.05) is 6.04 Å². The largest absolute Gasteiger partial charge is 0.496 e. The molecule has 0 radical (unpaired) electrons. The van der Waals surface area contributed by atoms with E-state index in [4.69, 9.17) is 4.74 Å². The van der Waals surface area contributed by atoms with E-state index < -0.39 is 4.92 Å². The summed E-state index contributed by atoms with van der Waals surface area (Å²) in [5, 5.41) is 22.0. The first-order valence-electron chi connectivity index (χ1n) is 7.07. The molecule has 0 fully saturated rings. The van der Waals surface area contributed by atoms with Gasteiger partial charge in [-0.3, -0.25) is 14.9 Å². The number of methoxy groups -OCH3 is 1. The van der Waals surface area contributed by atoms with E-state index in [2.05, 4.69) is 15.5 Å². The first-order chi connectivity index (χ1) is 11.4. The van der Waals surface area contributed by atoms with Crippen molar-refractivity contribution in [2.75, 3.05) is 18.2 Å². The summed E-state index contributed by atoms with van der Waals surface area (Å²) >= 11 is 1.21. The van der Waals surface area contributed by atoms with Gasteiger partial charge in [0.25, 0.3) is 5.69 Å². The average Bonchev–Trinajstić information content (AvgIpc) is 3.02.